The van der Waals surface area contributed by atoms with Gasteiger partial charge >= 0.3 is 0 Å². The lowest BCUT2D eigenvalue weighted by Gasteiger charge is -2.24. The normalized spacial score (nSPS) is 11.4. The summed E-state index contributed by atoms with van der Waals surface area (Å²) in [6.45, 7) is 5.11. The maximum atomic E-state index is 13.1. The molecule has 1 amide bonds. The van der Waals surface area contributed by atoms with Crippen molar-refractivity contribution in [3.05, 3.63) is 59.9 Å². The molecule has 0 aliphatic rings. The molecule has 2 rings (SSSR count). The largest absolute Gasteiger partial charge is 0.352 e. The molecule has 0 saturated carbocycles. The smallest absolute Gasteiger partial charge is 0.264 e. The van der Waals surface area contributed by atoms with E-state index in [2.05, 4.69) is 5.32 Å². The molecule has 5 nitrogen and oxygen atoms in total. The topological polar surface area (TPSA) is 66.5 Å². The molecule has 0 unspecified atom stereocenters. The molecule has 0 aromatic heterocycles. The summed E-state index contributed by atoms with van der Waals surface area (Å²) in [5.74, 6) is -0.945. The zero-order valence-electron chi connectivity index (χ0n) is 14.4. The number of aryl methyl sites for hydroxylation is 1. The summed E-state index contributed by atoms with van der Waals surface area (Å²) in [6, 6.07) is 11.2. The molecular weight excluding hydrogens is 343 g/mol. The second kappa shape index (κ2) is 7.65. The van der Waals surface area contributed by atoms with E-state index in [0.29, 0.717) is 5.69 Å². The number of carbonyl (C=O) groups is 1. The lowest BCUT2D eigenvalue weighted by atomic mass is 10.2. The van der Waals surface area contributed by atoms with Crippen LogP contribution in [-0.2, 0) is 14.8 Å². The molecule has 0 aliphatic heterocycles. The first kappa shape index (κ1) is 18.9. The summed E-state index contributed by atoms with van der Waals surface area (Å²) >= 11 is 0. The molecule has 25 heavy (non-hydrogen) atoms. The van der Waals surface area contributed by atoms with E-state index in [4.69, 9.17) is 0 Å². The minimum absolute atomic E-state index is 0.0770. The third kappa shape index (κ3) is 4.79. The molecule has 1 N–H and O–H groups in total. The molecule has 0 radical (unpaired) electrons. The van der Waals surface area contributed by atoms with Crippen molar-refractivity contribution in [2.24, 2.45) is 0 Å². The van der Waals surface area contributed by atoms with Crippen LogP contribution in [0.3, 0.4) is 0 Å². The van der Waals surface area contributed by atoms with E-state index in [1.807, 2.05) is 6.92 Å². The Morgan fingerprint density at radius 1 is 1.08 bits per heavy atom. The Balaban J connectivity index is 2.44. The van der Waals surface area contributed by atoms with Crippen molar-refractivity contribution in [3.8, 4) is 0 Å². The number of carbonyl (C=O) groups excluding carboxylic acids is 1. The fraction of sp³-hybridized carbons (Fsp3) is 0.278. The summed E-state index contributed by atoms with van der Waals surface area (Å²) in [6.07, 6.45) is 0. The molecule has 7 heteroatoms. The number of hydrogen-bond acceptors (Lipinski definition) is 3. The van der Waals surface area contributed by atoms with E-state index >= 15 is 0 Å². The van der Waals surface area contributed by atoms with Crippen LogP contribution in [0.5, 0.6) is 0 Å². The molecule has 0 atom stereocenters. The van der Waals surface area contributed by atoms with Crippen LogP contribution in [0.4, 0.5) is 10.1 Å². The number of anilines is 1. The van der Waals surface area contributed by atoms with Crippen LogP contribution in [0.1, 0.15) is 19.4 Å². The summed E-state index contributed by atoms with van der Waals surface area (Å²) in [7, 11) is -4.01. The van der Waals surface area contributed by atoms with Gasteiger partial charge in [-0.25, -0.2) is 12.8 Å². The highest BCUT2D eigenvalue weighted by Gasteiger charge is 2.27. The van der Waals surface area contributed by atoms with E-state index in [9.17, 15) is 17.6 Å². The molecule has 0 bridgehead atoms. The molecule has 0 saturated heterocycles. The van der Waals surface area contributed by atoms with Gasteiger partial charge in [-0.1, -0.05) is 17.7 Å². The van der Waals surface area contributed by atoms with Crippen molar-refractivity contribution in [1.82, 2.24) is 5.32 Å². The van der Waals surface area contributed by atoms with Gasteiger partial charge in [0.1, 0.15) is 12.4 Å². The van der Waals surface area contributed by atoms with Gasteiger partial charge in [0, 0.05) is 6.04 Å². The number of rotatable bonds is 6. The predicted molar refractivity (Wildman–Crippen MR) is 95.4 cm³/mol. The van der Waals surface area contributed by atoms with Gasteiger partial charge in [-0.05, 0) is 57.2 Å². The highest BCUT2D eigenvalue weighted by atomic mass is 32.2. The van der Waals surface area contributed by atoms with Crippen LogP contribution >= 0.6 is 0 Å². The van der Waals surface area contributed by atoms with Crippen molar-refractivity contribution >= 4 is 21.6 Å². The lowest BCUT2D eigenvalue weighted by Crippen LogP contribution is -2.42. The fourth-order valence-corrected chi connectivity index (χ4v) is 3.68. The lowest BCUT2D eigenvalue weighted by molar-refractivity contribution is -0.120. The van der Waals surface area contributed by atoms with Gasteiger partial charge in [0.25, 0.3) is 10.0 Å². The van der Waals surface area contributed by atoms with Crippen LogP contribution in [0, 0.1) is 12.7 Å². The Labute approximate surface area is 147 Å². The zero-order chi connectivity index (χ0) is 18.6. The number of benzene rings is 2. The van der Waals surface area contributed by atoms with Gasteiger partial charge in [0.15, 0.2) is 0 Å². The van der Waals surface area contributed by atoms with Gasteiger partial charge in [-0.3, -0.25) is 9.10 Å². The molecule has 2 aromatic carbocycles. The first-order chi connectivity index (χ1) is 11.7. The SMILES string of the molecule is Cc1ccc(N(CC(=O)NC(C)C)S(=O)(=O)c2ccc(F)cc2)cc1. The maximum absolute atomic E-state index is 13.1. The second-order valence-electron chi connectivity index (χ2n) is 6.02. The highest BCUT2D eigenvalue weighted by Crippen LogP contribution is 2.24. The molecule has 0 aliphatic carbocycles. The quantitative estimate of drug-likeness (QED) is 0.857. The zero-order valence-corrected chi connectivity index (χ0v) is 15.2. The third-order valence-electron chi connectivity index (χ3n) is 3.46. The van der Waals surface area contributed by atoms with E-state index in [-0.39, 0.29) is 17.5 Å². The van der Waals surface area contributed by atoms with Gasteiger partial charge in [-0.15, -0.1) is 0 Å². The van der Waals surface area contributed by atoms with Crippen LogP contribution in [0.25, 0.3) is 0 Å². The van der Waals surface area contributed by atoms with Crippen LogP contribution < -0.4 is 9.62 Å². The van der Waals surface area contributed by atoms with Crippen molar-refractivity contribution in [2.45, 2.75) is 31.7 Å². The first-order valence-corrected chi connectivity index (χ1v) is 9.28. The number of hydrogen-bond donors (Lipinski definition) is 1. The van der Waals surface area contributed by atoms with Gasteiger partial charge in [0.2, 0.25) is 5.91 Å². The first-order valence-electron chi connectivity index (χ1n) is 7.84. The highest BCUT2D eigenvalue weighted by molar-refractivity contribution is 7.92. The Kier molecular flexibility index (Phi) is 5.79. The van der Waals surface area contributed by atoms with Crippen LogP contribution in [-0.4, -0.2) is 26.9 Å². The Hall–Kier alpha value is -2.41. The average Bonchev–Trinajstić information content (AvgIpc) is 2.53. The molecule has 0 heterocycles. The van der Waals surface area contributed by atoms with Gasteiger partial charge < -0.3 is 5.32 Å². The van der Waals surface area contributed by atoms with Crippen molar-refractivity contribution in [1.29, 1.82) is 0 Å². The standard InChI is InChI=1S/C18H21FN2O3S/c1-13(2)20-18(22)12-21(16-8-4-14(3)5-9-16)25(23,24)17-10-6-15(19)7-11-17/h4-11,13H,12H2,1-3H3,(H,20,22). The Morgan fingerprint density at radius 3 is 2.16 bits per heavy atom. The number of amides is 1. The predicted octanol–water partition coefficient (Wildman–Crippen LogP) is 2.85. The summed E-state index contributed by atoms with van der Waals surface area (Å²) in [4.78, 5) is 12.1. The average molecular weight is 364 g/mol. The Bertz CT molecular complexity index is 832. The van der Waals surface area contributed by atoms with Gasteiger partial charge in [-0.2, -0.15) is 0 Å². The van der Waals surface area contributed by atoms with E-state index in [1.54, 1.807) is 38.1 Å². The maximum Gasteiger partial charge on any atom is 0.264 e. The third-order valence-corrected chi connectivity index (χ3v) is 5.25. The van der Waals surface area contributed by atoms with Crippen LogP contribution in [0.15, 0.2) is 53.4 Å². The molecule has 2 aromatic rings. The number of sulfonamides is 1. The Morgan fingerprint density at radius 2 is 1.64 bits per heavy atom. The number of nitrogens with one attached hydrogen (secondary N) is 1. The van der Waals surface area contributed by atoms with E-state index < -0.39 is 21.7 Å². The molecule has 134 valence electrons. The summed E-state index contributed by atoms with van der Waals surface area (Å²) in [5.41, 5.74) is 1.34. The monoisotopic (exact) mass is 364 g/mol. The fourth-order valence-electron chi connectivity index (χ4n) is 2.26. The minimum atomic E-state index is -4.01. The van der Waals surface area contributed by atoms with E-state index in [0.717, 1.165) is 22.0 Å². The summed E-state index contributed by atoms with van der Waals surface area (Å²) in [5, 5.41) is 2.68. The number of halogens is 1. The van der Waals surface area contributed by atoms with Crippen LogP contribution in [0.2, 0.25) is 0 Å². The number of nitrogens with zero attached hydrogens (tertiary/aromatic N) is 1. The minimum Gasteiger partial charge on any atom is -0.352 e. The van der Waals surface area contributed by atoms with Gasteiger partial charge in [0.05, 0.1) is 10.6 Å². The molecule has 0 spiro atoms. The van der Waals surface area contributed by atoms with Crippen molar-refractivity contribution in [2.75, 3.05) is 10.8 Å². The molecule has 0 fully saturated rings. The second-order valence-corrected chi connectivity index (χ2v) is 7.89. The van der Waals surface area contributed by atoms with Crippen molar-refractivity contribution in [3.63, 3.8) is 0 Å². The van der Waals surface area contributed by atoms with E-state index in [1.165, 1.54) is 12.1 Å². The summed E-state index contributed by atoms with van der Waals surface area (Å²) < 4.78 is 40.1. The van der Waals surface area contributed by atoms with Crippen molar-refractivity contribution < 1.29 is 17.6 Å². The molecular formula is C18H21FN2O3S.